The van der Waals surface area contributed by atoms with Crippen LogP contribution in [0.2, 0.25) is 5.02 Å². The van der Waals surface area contributed by atoms with E-state index in [2.05, 4.69) is 6.58 Å². The predicted octanol–water partition coefficient (Wildman–Crippen LogP) is 3.50. The lowest BCUT2D eigenvalue weighted by molar-refractivity contribution is 0.112. The second-order valence-electron chi connectivity index (χ2n) is 3.33. The monoisotopic (exact) mass is 224 g/mol. The van der Waals surface area contributed by atoms with E-state index in [9.17, 15) is 4.79 Å². The maximum atomic E-state index is 10.8. The van der Waals surface area contributed by atoms with E-state index in [0.717, 1.165) is 12.0 Å². The Bertz CT molecular complexity index is 372. The first-order chi connectivity index (χ1) is 7.15. The summed E-state index contributed by atoms with van der Waals surface area (Å²) >= 11 is 5.84. The van der Waals surface area contributed by atoms with Crippen molar-refractivity contribution in [2.24, 2.45) is 0 Å². The largest absolute Gasteiger partial charge is 0.492 e. The number of aldehydes is 1. The van der Waals surface area contributed by atoms with Gasteiger partial charge in [-0.15, -0.1) is 6.58 Å². The van der Waals surface area contributed by atoms with Crippen molar-refractivity contribution in [1.82, 2.24) is 0 Å². The average molecular weight is 225 g/mol. The van der Waals surface area contributed by atoms with Crippen LogP contribution >= 0.6 is 11.6 Å². The molecule has 0 aliphatic carbocycles. The molecule has 3 heteroatoms. The highest BCUT2D eigenvalue weighted by atomic mass is 35.5. The van der Waals surface area contributed by atoms with Gasteiger partial charge in [-0.25, -0.2) is 0 Å². The molecule has 80 valence electrons. The minimum Gasteiger partial charge on any atom is -0.492 e. The molecule has 15 heavy (non-hydrogen) atoms. The van der Waals surface area contributed by atoms with Crippen LogP contribution in [0.25, 0.3) is 0 Å². The molecule has 0 spiro atoms. The molecule has 0 heterocycles. The summed E-state index contributed by atoms with van der Waals surface area (Å²) in [5.41, 5.74) is 1.45. The second kappa shape index (κ2) is 5.56. The number of benzene rings is 1. The molecule has 0 aliphatic heterocycles. The Labute approximate surface area is 94.5 Å². The van der Waals surface area contributed by atoms with Crippen LogP contribution < -0.4 is 4.74 Å². The maximum Gasteiger partial charge on any atom is 0.155 e. The van der Waals surface area contributed by atoms with E-state index in [0.29, 0.717) is 29.2 Å². The van der Waals surface area contributed by atoms with E-state index in [1.54, 1.807) is 18.2 Å². The van der Waals surface area contributed by atoms with Gasteiger partial charge in [-0.3, -0.25) is 4.79 Å². The van der Waals surface area contributed by atoms with E-state index in [4.69, 9.17) is 16.3 Å². The van der Waals surface area contributed by atoms with Crippen LogP contribution in [0.1, 0.15) is 23.7 Å². The summed E-state index contributed by atoms with van der Waals surface area (Å²) in [4.78, 5) is 10.8. The summed E-state index contributed by atoms with van der Waals surface area (Å²) in [6.45, 7) is 6.21. The SMILES string of the molecule is C=C(C)CCOc1cccc(Cl)c1C=O. The minimum atomic E-state index is 0.404. The van der Waals surface area contributed by atoms with Gasteiger partial charge in [0.05, 0.1) is 17.2 Å². The van der Waals surface area contributed by atoms with Gasteiger partial charge in [0, 0.05) is 6.42 Å². The zero-order chi connectivity index (χ0) is 11.3. The van der Waals surface area contributed by atoms with Gasteiger partial charge >= 0.3 is 0 Å². The van der Waals surface area contributed by atoms with Gasteiger partial charge in [0.2, 0.25) is 0 Å². The lowest BCUT2D eigenvalue weighted by atomic mass is 10.2. The third-order valence-electron chi connectivity index (χ3n) is 1.92. The highest BCUT2D eigenvalue weighted by Gasteiger charge is 2.06. The van der Waals surface area contributed by atoms with Crippen LogP contribution in [0.4, 0.5) is 0 Å². The topological polar surface area (TPSA) is 26.3 Å². The maximum absolute atomic E-state index is 10.8. The Morgan fingerprint density at radius 2 is 2.33 bits per heavy atom. The number of halogens is 1. The van der Waals surface area contributed by atoms with Crippen LogP contribution in [0, 0.1) is 0 Å². The zero-order valence-electron chi connectivity index (χ0n) is 8.63. The zero-order valence-corrected chi connectivity index (χ0v) is 9.38. The number of ether oxygens (including phenoxy) is 1. The van der Waals surface area contributed by atoms with Gasteiger partial charge < -0.3 is 4.74 Å². The Morgan fingerprint density at radius 1 is 1.60 bits per heavy atom. The van der Waals surface area contributed by atoms with Gasteiger partial charge in [0.25, 0.3) is 0 Å². The fraction of sp³-hybridized carbons (Fsp3) is 0.250. The van der Waals surface area contributed by atoms with Crippen LogP contribution in [-0.2, 0) is 0 Å². The molecule has 0 aliphatic rings. The first-order valence-electron chi connectivity index (χ1n) is 4.66. The van der Waals surface area contributed by atoms with Crippen molar-refractivity contribution in [2.75, 3.05) is 6.61 Å². The van der Waals surface area contributed by atoms with Crippen molar-refractivity contribution < 1.29 is 9.53 Å². The quantitative estimate of drug-likeness (QED) is 0.565. The van der Waals surface area contributed by atoms with Crippen LogP contribution in [-0.4, -0.2) is 12.9 Å². The summed E-state index contributed by atoms with van der Waals surface area (Å²) in [5, 5.41) is 0.415. The lowest BCUT2D eigenvalue weighted by Gasteiger charge is -2.08. The van der Waals surface area contributed by atoms with Crippen LogP contribution in [0.5, 0.6) is 5.75 Å². The average Bonchev–Trinajstić information content (AvgIpc) is 2.17. The van der Waals surface area contributed by atoms with Crippen molar-refractivity contribution in [1.29, 1.82) is 0 Å². The number of hydrogen-bond acceptors (Lipinski definition) is 2. The molecule has 0 fully saturated rings. The van der Waals surface area contributed by atoms with Crippen LogP contribution in [0.15, 0.2) is 30.4 Å². The van der Waals surface area contributed by atoms with Crippen LogP contribution in [0.3, 0.4) is 0 Å². The molecule has 1 aromatic rings. The normalized spacial score (nSPS) is 9.73. The van der Waals surface area contributed by atoms with Gasteiger partial charge in [-0.1, -0.05) is 23.2 Å². The first-order valence-corrected chi connectivity index (χ1v) is 5.04. The molecule has 1 rings (SSSR count). The minimum absolute atomic E-state index is 0.404. The molecular formula is C12H13ClO2. The highest BCUT2D eigenvalue weighted by Crippen LogP contribution is 2.24. The molecule has 0 unspecified atom stereocenters. The van der Waals surface area contributed by atoms with E-state index < -0.39 is 0 Å². The molecule has 0 radical (unpaired) electrons. The van der Waals surface area contributed by atoms with E-state index in [1.165, 1.54) is 0 Å². The van der Waals surface area contributed by atoms with Crippen molar-refractivity contribution >= 4 is 17.9 Å². The second-order valence-corrected chi connectivity index (χ2v) is 3.73. The standard InChI is InChI=1S/C12H13ClO2/c1-9(2)6-7-15-12-5-3-4-11(13)10(12)8-14/h3-5,8H,1,6-7H2,2H3. The Morgan fingerprint density at radius 3 is 2.93 bits per heavy atom. The fourth-order valence-corrected chi connectivity index (χ4v) is 1.30. The smallest absolute Gasteiger partial charge is 0.155 e. The van der Waals surface area contributed by atoms with E-state index in [-0.39, 0.29) is 0 Å². The molecule has 0 amide bonds. The Hall–Kier alpha value is -1.28. The summed E-state index contributed by atoms with van der Waals surface area (Å²) in [7, 11) is 0. The van der Waals surface area contributed by atoms with Crippen molar-refractivity contribution in [3.8, 4) is 5.75 Å². The fourth-order valence-electron chi connectivity index (χ4n) is 1.09. The Balaban J connectivity index is 2.72. The highest BCUT2D eigenvalue weighted by molar-refractivity contribution is 6.33. The molecule has 1 aromatic carbocycles. The first kappa shape index (κ1) is 11.8. The molecule has 0 saturated carbocycles. The van der Waals surface area contributed by atoms with Crippen molar-refractivity contribution in [3.63, 3.8) is 0 Å². The summed E-state index contributed by atoms with van der Waals surface area (Å²) in [5.74, 6) is 0.527. The van der Waals surface area contributed by atoms with Gasteiger partial charge in [-0.2, -0.15) is 0 Å². The molecular weight excluding hydrogens is 212 g/mol. The summed E-state index contributed by atoms with van der Waals surface area (Å²) in [6, 6.07) is 5.15. The lowest BCUT2D eigenvalue weighted by Crippen LogP contribution is -2.00. The molecule has 2 nitrogen and oxygen atoms in total. The predicted molar refractivity (Wildman–Crippen MR) is 61.8 cm³/mol. The number of hydrogen-bond donors (Lipinski definition) is 0. The Kier molecular flexibility index (Phi) is 4.37. The molecule has 0 aromatic heterocycles. The summed E-state index contributed by atoms with van der Waals surface area (Å²) in [6.07, 6.45) is 1.48. The third kappa shape index (κ3) is 3.40. The molecule has 0 atom stereocenters. The van der Waals surface area contributed by atoms with Gasteiger partial charge in [-0.05, 0) is 19.1 Å². The van der Waals surface area contributed by atoms with Gasteiger partial charge in [0.15, 0.2) is 6.29 Å². The number of rotatable bonds is 5. The van der Waals surface area contributed by atoms with E-state index in [1.807, 2.05) is 6.92 Å². The number of carbonyl (C=O) groups is 1. The van der Waals surface area contributed by atoms with Crippen molar-refractivity contribution in [2.45, 2.75) is 13.3 Å². The number of carbonyl (C=O) groups excluding carboxylic acids is 1. The molecule has 0 bridgehead atoms. The molecule has 0 saturated heterocycles. The van der Waals surface area contributed by atoms with Gasteiger partial charge in [0.1, 0.15) is 5.75 Å². The van der Waals surface area contributed by atoms with E-state index >= 15 is 0 Å². The third-order valence-corrected chi connectivity index (χ3v) is 2.25. The molecule has 0 N–H and O–H groups in total. The summed E-state index contributed by atoms with van der Waals surface area (Å²) < 4.78 is 5.44. The van der Waals surface area contributed by atoms with Crippen molar-refractivity contribution in [3.05, 3.63) is 40.9 Å².